The highest BCUT2D eigenvalue weighted by Gasteiger charge is 2.30. The van der Waals surface area contributed by atoms with E-state index in [-0.39, 0.29) is 11.4 Å². The molecule has 0 unspecified atom stereocenters. The third-order valence-corrected chi connectivity index (χ3v) is 5.56. The van der Waals surface area contributed by atoms with Crippen LogP contribution in [0.25, 0.3) is 0 Å². The molecule has 0 atom stereocenters. The molecular formula is C19H22ClFN8O2. The van der Waals surface area contributed by atoms with E-state index in [4.69, 9.17) is 27.5 Å². The zero-order valence-corrected chi connectivity index (χ0v) is 17.3. The Hall–Kier alpha value is -3.02. The Morgan fingerprint density at radius 2 is 2.06 bits per heavy atom. The molecule has 164 valence electrons. The number of nitrogens with one attached hydrogen (secondary N) is 3. The summed E-state index contributed by atoms with van der Waals surface area (Å²) >= 11 is 6.44. The van der Waals surface area contributed by atoms with E-state index in [0.717, 1.165) is 51.8 Å². The summed E-state index contributed by atoms with van der Waals surface area (Å²) < 4.78 is 18.5. The number of hydrogen-bond donors (Lipinski definition) is 4. The van der Waals surface area contributed by atoms with Gasteiger partial charge >= 0.3 is 0 Å². The van der Waals surface area contributed by atoms with E-state index in [1.807, 2.05) is 0 Å². The van der Waals surface area contributed by atoms with Gasteiger partial charge in [0.25, 0.3) is 5.91 Å². The normalized spacial score (nSPS) is 21.1. The molecule has 3 aliphatic heterocycles. The zero-order chi connectivity index (χ0) is 22.0. The molecule has 1 aromatic heterocycles. The second kappa shape index (κ2) is 9.00. The number of aromatic nitrogens is 1. The third kappa shape index (κ3) is 4.53. The van der Waals surface area contributed by atoms with Gasteiger partial charge in [0.2, 0.25) is 0 Å². The first-order valence-corrected chi connectivity index (χ1v) is 10.1. The summed E-state index contributed by atoms with van der Waals surface area (Å²) in [6, 6.07) is 0.460. The SMILES string of the molecule is N=C(N)C(C(=O)Nc1cncc(Cl)c1N1CCN(C2COC2)CC1)=C1N=CC(F)=CN1. The first-order chi connectivity index (χ1) is 14.9. The van der Waals surface area contributed by atoms with Crippen LogP contribution in [0.2, 0.25) is 5.02 Å². The molecule has 3 aliphatic rings. The smallest absolute Gasteiger partial charge is 0.263 e. The predicted molar refractivity (Wildman–Crippen MR) is 116 cm³/mol. The summed E-state index contributed by atoms with van der Waals surface area (Å²) in [4.78, 5) is 25.3. The highest BCUT2D eigenvalue weighted by atomic mass is 35.5. The molecule has 12 heteroatoms. The van der Waals surface area contributed by atoms with Gasteiger partial charge in [-0.15, -0.1) is 0 Å². The Kier molecular flexibility index (Phi) is 6.16. The van der Waals surface area contributed by atoms with Gasteiger partial charge in [-0.1, -0.05) is 11.6 Å². The number of piperazine rings is 1. The highest BCUT2D eigenvalue weighted by Crippen LogP contribution is 2.34. The number of allylic oxidation sites excluding steroid dienone is 1. The number of amides is 1. The van der Waals surface area contributed by atoms with Crippen molar-refractivity contribution in [3.63, 3.8) is 0 Å². The molecule has 2 saturated heterocycles. The van der Waals surface area contributed by atoms with Gasteiger partial charge < -0.3 is 26.0 Å². The Labute approximate surface area is 183 Å². The minimum absolute atomic E-state index is 0.0285. The maximum atomic E-state index is 13.2. The largest absolute Gasteiger partial charge is 0.383 e. The maximum Gasteiger partial charge on any atom is 0.263 e. The van der Waals surface area contributed by atoms with Crippen molar-refractivity contribution >= 4 is 40.9 Å². The quantitative estimate of drug-likeness (QED) is 0.298. The molecule has 0 aliphatic carbocycles. The molecule has 2 fully saturated rings. The van der Waals surface area contributed by atoms with E-state index < -0.39 is 17.6 Å². The molecule has 0 bridgehead atoms. The monoisotopic (exact) mass is 448 g/mol. The number of anilines is 2. The van der Waals surface area contributed by atoms with Gasteiger partial charge in [-0.3, -0.25) is 20.1 Å². The summed E-state index contributed by atoms with van der Waals surface area (Å²) in [5, 5.41) is 13.4. The topological polar surface area (TPSA) is 132 Å². The van der Waals surface area contributed by atoms with Crippen molar-refractivity contribution in [1.82, 2.24) is 15.2 Å². The van der Waals surface area contributed by atoms with E-state index >= 15 is 0 Å². The first-order valence-electron chi connectivity index (χ1n) is 9.70. The Morgan fingerprint density at radius 1 is 1.32 bits per heavy atom. The first kappa shape index (κ1) is 21.2. The molecule has 31 heavy (non-hydrogen) atoms. The minimum Gasteiger partial charge on any atom is -0.383 e. The van der Waals surface area contributed by atoms with Crippen molar-refractivity contribution < 1.29 is 13.9 Å². The molecule has 10 nitrogen and oxygen atoms in total. The van der Waals surface area contributed by atoms with Crippen molar-refractivity contribution in [2.45, 2.75) is 6.04 Å². The number of halogens is 2. The van der Waals surface area contributed by atoms with E-state index in [0.29, 0.717) is 22.4 Å². The number of nitrogens with zero attached hydrogens (tertiary/aromatic N) is 4. The lowest BCUT2D eigenvalue weighted by Gasteiger charge is -2.43. The lowest BCUT2D eigenvalue weighted by atomic mass is 10.1. The second-order valence-electron chi connectivity index (χ2n) is 7.25. The van der Waals surface area contributed by atoms with Gasteiger partial charge in [0, 0.05) is 38.6 Å². The van der Waals surface area contributed by atoms with Gasteiger partial charge in [0.1, 0.15) is 17.2 Å². The number of carbonyl (C=O) groups excluding carboxylic acids is 1. The van der Waals surface area contributed by atoms with Gasteiger partial charge in [-0.25, -0.2) is 9.38 Å². The fourth-order valence-electron chi connectivity index (χ4n) is 3.60. The van der Waals surface area contributed by atoms with Crippen molar-refractivity contribution in [2.24, 2.45) is 10.7 Å². The highest BCUT2D eigenvalue weighted by molar-refractivity contribution is 6.34. The average molecular weight is 449 g/mol. The third-order valence-electron chi connectivity index (χ3n) is 5.29. The van der Waals surface area contributed by atoms with Crippen LogP contribution < -0.4 is 21.3 Å². The number of carbonyl (C=O) groups is 1. The van der Waals surface area contributed by atoms with Gasteiger partial charge in [-0.05, 0) is 0 Å². The summed E-state index contributed by atoms with van der Waals surface area (Å²) in [5.41, 5.74) is 6.41. The van der Waals surface area contributed by atoms with E-state index in [1.54, 1.807) is 0 Å². The summed E-state index contributed by atoms with van der Waals surface area (Å²) in [6.07, 6.45) is 4.97. The Bertz CT molecular complexity index is 983. The lowest BCUT2D eigenvalue weighted by molar-refractivity contribution is -0.112. The van der Waals surface area contributed by atoms with Crippen LogP contribution in [0.5, 0.6) is 0 Å². The Morgan fingerprint density at radius 3 is 2.65 bits per heavy atom. The van der Waals surface area contributed by atoms with Crippen LogP contribution in [-0.2, 0) is 9.53 Å². The Balaban J connectivity index is 1.54. The van der Waals surface area contributed by atoms with Crippen molar-refractivity contribution in [3.8, 4) is 0 Å². The maximum absolute atomic E-state index is 13.2. The second-order valence-corrected chi connectivity index (χ2v) is 7.66. The molecule has 0 radical (unpaired) electrons. The number of hydrogen-bond acceptors (Lipinski definition) is 8. The summed E-state index contributed by atoms with van der Waals surface area (Å²) in [6.45, 7) is 4.66. The molecule has 1 amide bonds. The fraction of sp³-hybridized carbons (Fsp3) is 0.368. The summed E-state index contributed by atoms with van der Waals surface area (Å²) in [5.74, 6) is -1.83. The molecule has 1 aromatic rings. The number of ether oxygens (including phenoxy) is 1. The molecule has 4 heterocycles. The van der Waals surface area contributed by atoms with Crippen molar-refractivity contribution in [2.75, 3.05) is 49.6 Å². The number of rotatable bonds is 5. The van der Waals surface area contributed by atoms with Crippen LogP contribution in [0.15, 0.2) is 40.8 Å². The van der Waals surface area contributed by atoms with Crippen molar-refractivity contribution in [3.05, 3.63) is 40.8 Å². The minimum atomic E-state index is -0.682. The van der Waals surface area contributed by atoms with Crippen LogP contribution in [0.1, 0.15) is 0 Å². The fourth-order valence-corrected chi connectivity index (χ4v) is 3.88. The zero-order valence-electron chi connectivity index (χ0n) is 16.6. The number of pyridine rings is 1. The van der Waals surface area contributed by atoms with Crippen LogP contribution >= 0.6 is 11.6 Å². The van der Waals surface area contributed by atoms with Crippen LogP contribution in [0.3, 0.4) is 0 Å². The number of amidine groups is 1. The van der Waals surface area contributed by atoms with E-state index in [9.17, 15) is 9.18 Å². The molecule has 0 saturated carbocycles. The lowest BCUT2D eigenvalue weighted by Crippen LogP contribution is -2.56. The predicted octanol–water partition coefficient (Wildman–Crippen LogP) is 0.827. The number of nitrogens with two attached hydrogens (primary N) is 1. The van der Waals surface area contributed by atoms with E-state index in [2.05, 4.69) is 30.4 Å². The van der Waals surface area contributed by atoms with Gasteiger partial charge in [0.05, 0.1) is 48.1 Å². The molecule has 4 rings (SSSR count). The van der Waals surface area contributed by atoms with Gasteiger partial charge in [-0.2, -0.15) is 0 Å². The molecule has 0 aromatic carbocycles. The van der Waals surface area contributed by atoms with Crippen LogP contribution in [0.4, 0.5) is 15.8 Å². The molecule has 5 N–H and O–H groups in total. The summed E-state index contributed by atoms with van der Waals surface area (Å²) in [7, 11) is 0. The molecular weight excluding hydrogens is 427 g/mol. The standard InChI is InChI=1S/C19H22ClFN8O2/c20-13-7-24-8-14(16(13)29-3-1-28(2-4-29)12-9-31-10-12)27-19(30)15(17(22)23)18-25-5-11(21)6-26-18/h5-8,12,25H,1-4,9-10H2,(H3,22,23)(H,27,30). The van der Waals surface area contributed by atoms with E-state index in [1.165, 1.54) is 12.4 Å². The van der Waals surface area contributed by atoms with Crippen molar-refractivity contribution in [1.29, 1.82) is 5.41 Å². The molecule has 0 spiro atoms. The average Bonchev–Trinajstić information content (AvgIpc) is 2.69. The van der Waals surface area contributed by atoms with Crippen LogP contribution in [-0.4, -0.2) is 73.3 Å². The van der Waals surface area contributed by atoms with Gasteiger partial charge in [0.15, 0.2) is 5.83 Å². The van der Waals surface area contributed by atoms with Crippen LogP contribution in [0, 0.1) is 5.41 Å². The number of aliphatic imine (C=N–C) groups is 1.